The maximum atomic E-state index is 13.0. The van der Waals surface area contributed by atoms with Crippen molar-refractivity contribution in [3.63, 3.8) is 0 Å². The van der Waals surface area contributed by atoms with E-state index in [4.69, 9.17) is 21.1 Å². The van der Waals surface area contributed by atoms with Crippen LogP contribution >= 0.6 is 11.6 Å². The van der Waals surface area contributed by atoms with Crippen LogP contribution in [-0.2, 0) is 4.79 Å². The first kappa shape index (κ1) is 17.1. The summed E-state index contributed by atoms with van der Waals surface area (Å²) in [5, 5.41) is 2.73. The van der Waals surface area contributed by atoms with E-state index in [-0.39, 0.29) is 5.02 Å². The van der Waals surface area contributed by atoms with E-state index in [2.05, 4.69) is 5.32 Å². The Bertz CT molecular complexity index is 721. The van der Waals surface area contributed by atoms with Gasteiger partial charge in [-0.15, -0.1) is 0 Å². The summed E-state index contributed by atoms with van der Waals surface area (Å²) in [4.78, 5) is 12.2. The van der Waals surface area contributed by atoms with Crippen LogP contribution < -0.4 is 14.8 Å². The van der Waals surface area contributed by atoms with Gasteiger partial charge in [-0.3, -0.25) is 4.79 Å². The summed E-state index contributed by atoms with van der Waals surface area (Å²) in [5.74, 6) is 0.137. The van der Waals surface area contributed by atoms with Gasteiger partial charge in [-0.2, -0.15) is 0 Å². The number of carbonyl (C=O) groups excluding carboxylic acids is 1. The SMILES string of the molecule is COc1cc(C)ccc1O[C@H](C)C(=O)Nc1ccc(F)cc1Cl. The average Bonchev–Trinajstić information content (AvgIpc) is 2.51. The van der Waals surface area contributed by atoms with Crippen molar-refractivity contribution in [1.82, 2.24) is 0 Å². The van der Waals surface area contributed by atoms with Gasteiger partial charge in [0.2, 0.25) is 0 Å². The Kier molecular flexibility index (Phi) is 5.45. The highest BCUT2D eigenvalue weighted by Crippen LogP contribution is 2.29. The molecule has 0 heterocycles. The zero-order chi connectivity index (χ0) is 17.0. The summed E-state index contributed by atoms with van der Waals surface area (Å²) in [6.45, 7) is 3.53. The maximum Gasteiger partial charge on any atom is 0.265 e. The van der Waals surface area contributed by atoms with Gasteiger partial charge >= 0.3 is 0 Å². The molecule has 0 aliphatic rings. The molecule has 1 atom stereocenters. The number of nitrogens with one attached hydrogen (secondary N) is 1. The van der Waals surface area contributed by atoms with E-state index in [9.17, 15) is 9.18 Å². The largest absolute Gasteiger partial charge is 0.493 e. The molecule has 1 amide bonds. The van der Waals surface area contributed by atoms with Crippen molar-refractivity contribution in [2.45, 2.75) is 20.0 Å². The smallest absolute Gasteiger partial charge is 0.265 e. The van der Waals surface area contributed by atoms with E-state index in [0.29, 0.717) is 17.2 Å². The molecule has 2 rings (SSSR count). The van der Waals surface area contributed by atoms with Crippen LogP contribution in [0, 0.1) is 12.7 Å². The van der Waals surface area contributed by atoms with Crippen LogP contribution in [-0.4, -0.2) is 19.1 Å². The molecule has 0 saturated carbocycles. The van der Waals surface area contributed by atoms with E-state index >= 15 is 0 Å². The molecular weight excluding hydrogens is 321 g/mol. The molecule has 0 saturated heterocycles. The van der Waals surface area contributed by atoms with E-state index in [1.165, 1.54) is 19.2 Å². The van der Waals surface area contributed by atoms with Crippen LogP contribution in [0.25, 0.3) is 0 Å². The number of aryl methyl sites for hydroxylation is 1. The maximum absolute atomic E-state index is 13.0. The zero-order valence-corrected chi connectivity index (χ0v) is 13.8. The minimum absolute atomic E-state index is 0.124. The lowest BCUT2D eigenvalue weighted by atomic mass is 10.2. The van der Waals surface area contributed by atoms with Crippen molar-refractivity contribution in [2.75, 3.05) is 12.4 Å². The average molecular weight is 338 g/mol. The highest BCUT2D eigenvalue weighted by Gasteiger charge is 2.18. The number of anilines is 1. The second kappa shape index (κ2) is 7.33. The van der Waals surface area contributed by atoms with Crippen molar-refractivity contribution in [2.24, 2.45) is 0 Å². The second-order valence-electron chi connectivity index (χ2n) is 5.03. The quantitative estimate of drug-likeness (QED) is 0.889. The summed E-state index contributed by atoms with van der Waals surface area (Å²) in [5.41, 5.74) is 1.34. The molecule has 2 aromatic carbocycles. The van der Waals surface area contributed by atoms with Crippen molar-refractivity contribution in [3.8, 4) is 11.5 Å². The Morgan fingerprint density at radius 2 is 1.96 bits per heavy atom. The Hall–Kier alpha value is -2.27. The molecule has 0 aromatic heterocycles. The molecule has 0 aliphatic carbocycles. The second-order valence-corrected chi connectivity index (χ2v) is 5.44. The molecule has 1 N–H and O–H groups in total. The Morgan fingerprint density at radius 1 is 1.22 bits per heavy atom. The number of hydrogen-bond acceptors (Lipinski definition) is 3. The van der Waals surface area contributed by atoms with Crippen LogP contribution in [0.4, 0.5) is 10.1 Å². The van der Waals surface area contributed by atoms with Crippen LogP contribution in [0.5, 0.6) is 11.5 Å². The van der Waals surface area contributed by atoms with Crippen LogP contribution in [0.3, 0.4) is 0 Å². The highest BCUT2D eigenvalue weighted by atomic mass is 35.5. The molecule has 0 aliphatic heterocycles. The van der Waals surface area contributed by atoms with Crippen LogP contribution in [0.15, 0.2) is 36.4 Å². The van der Waals surface area contributed by atoms with Gasteiger partial charge in [0, 0.05) is 0 Å². The standard InChI is InChI=1S/C17H17ClFNO3/c1-10-4-7-15(16(8-10)22-3)23-11(2)17(21)20-14-6-5-12(19)9-13(14)18/h4-9,11H,1-3H3,(H,20,21)/t11-/m1/s1. The zero-order valence-electron chi connectivity index (χ0n) is 13.0. The molecule has 0 fully saturated rings. The number of halogens is 2. The third kappa shape index (κ3) is 4.36. The van der Waals surface area contributed by atoms with Gasteiger partial charge in [-0.05, 0) is 49.7 Å². The van der Waals surface area contributed by atoms with Crippen molar-refractivity contribution in [1.29, 1.82) is 0 Å². The normalized spacial score (nSPS) is 11.7. The van der Waals surface area contributed by atoms with Gasteiger partial charge in [0.15, 0.2) is 17.6 Å². The summed E-state index contributed by atoms with van der Waals surface area (Å²) in [7, 11) is 1.53. The molecule has 0 radical (unpaired) electrons. The number of carbonyl (C=O) groups is 1. The molecule has 23 heavy (non-hydrogen) atoms. The number of ether oxygens (including phenoxy) is 2. The lowest BCUT2D eigenvalue weighted by Gasteiger charge is -2.17. The minimum atomic E-state index is -0.785. The number of methoxy groups -OCH3 is 1. The van der Waals surface area contributed by atoms with E-state index in [1.54, 1.807) is 13.0 Å². The van der Waals surface area contributed by atoms with Gasteiger partial charge in [0.25, 0.3) is 5.91 Å². The van der Waals surface area contributed by atoms with Gasteiger partial charge in [-0.1, -0.05) is 17.7 Å². The van der Waals surface area contributed by atoms with Crippen molar-refractivity contribution < 1.29 is 18.7 Å². The van der Waals surface area contributed by atoms with Gasteiger partial charge in [-0.25, -0.2) is 4.39 Å². The highest BCUT2D eigenvalue weighted by molar-refractivity contribution is 6.33. The predicted octanol–water partition coefficient (Wildman–Crippen LogP) is 4.20. The summed E-state index contributed by atoms with van der Waals surface area (Å²) < 4.78 is 23.9. The molecule has 0 spiro atoms. The summed E-state index contributed by atoms with van der Waals surface area (Å²) >= 11 is 5.89. The van der Waals surface area contributed by atoms with Gasteiger partial charge in [0.05, 0.1) is 17.8 Å². The predicted molar refractivity (Wildman–Crippen MR) is 87.9 cm³/mol. The fourth-order valence-electron chi connectivity index (χ4n) is 1.94. The fraction of sp³-hybridized carbons (Fsp3) is 0.235. The van der Waals surface area contributed by atoms with Gasteiger partial charge in [0.1, 0.15) is 5.82 Å². The van der Waals surface area contributed by atoms with E-state index < -0.39 is 17.8 Å². The van der Waals surface area contributed by atoms with Crippen LogP contribution in [0.2, 0.25) is 5.02 Å². The number of amides is 1. The lowest BCUT2D eigenvalue weighted by molar-refractivity contribution is -0.122. The van der Waals surface area contributed by atoms with Crippen molar-refractivity contribution in [3.05, 3.63) is 52.8 Å². The Morgan fingerprint density at radius 3 is 2.61 bits per heavy atom. The van der Waals surface area contributed by atoms with E-state index in [1.807, 2.05) is 19.1 Å². The Labute approximate surface area is 139 Å². The summed E-state index contributed by atoms with van der Waals surface area (Å²) in [6.07, 6.45) is -0.785. The van der Waals surface area contributed by atoms with Crippen molar-refractivity contribution >= 4 is 23.2 Å². The number of hydrogen-bond donors (Lipinski definition) is 1. The molecular formula is C17H17ClFNO3. The topological polar surface area (TPSA) is 47.6 Å². The third-order valence-corrected chi connectivity index (χ3v) is 3.49. The molecule has 4 nitrogen and oxygen atoms in total. The first-order chi connectivity index (χ1) is 10.9. The number of rotatable bonds is 5. The summed E-state index contributed by atoms with van der Waals surface area (Å²) in [6, 6.07) is 9.16. The lowest BCUT2D eigenvalue weighted by Crippen LogP contribution is -2.30. The van der Waals surface area contributed by atoms with Gasteiger partial charge < -0.3 is 14.8 Å². The number of benzene rings is 2. The molecule has 6 heteroatoms. The molecule has 0 bridgehead atoms. The molecule has 2 aromatic rings. The minimum Gasteiger partial charge on any atom is -0.493 e. The first-order valence-electron chi connectivity index (χ1n) is 6.98. The molecule has 0 unspecified atom stereocenters. The Balaban J connectivity index is 2.08. The third-order valence-electron chi connectivity index (χ3n) is 3.18. The first-order valence-corrected chi connectivity index (χ1v) is 7.35. The fourth-order valence-corrected chi connectivity index (χ4v) is 2.16. The van der Waals surface area contributed by atoms with E-state index in [0.717, 1.165) is 11.6 Å². The van der Waals surface area contributed by atoms with Crippen LogP contribution in [0.1, 0.15) is 12.5 Å². The monoisotopic (exact) mass is 337 g/mol. The molecule has 122 valence electrons.